The Hall–Kier alpha value is -6.34. The molecule has 21 heteroatoms. The molecule has 1 amide bonds. The van der Waals surface area contributed by atoms with E-state index in [1.165, 1.54) is 109 Å². The van der Waals surface area contributed by atoms with Crippen LogP contribution in [0, 0.1) is 10.1 Å². The Morgan fingerprint density at radius 2 is 1.16 bits per heavy atom. The summed E-state index contributed by atoms with van der Waals surface area (Å²) in [6.07, 6.45) is 36.0. The molecule has 0 saturated heterocycles. The summed E-state index contributed by atoms with van der Waals surface area (Å²) >= 11 is 0. The number of phosphoric ester groups is 1. The summed E-state index contributed by atoms with van der Waals surface area (Å²) in [5, 5.41) is 31.6. The highest BCUT2D eigenvalue weighted by Crippen LogP contribution is 2.42. The average molecular weight is 1240 g/mol. The van der Waals surface area contributed by atoms with Gasteiger partial charge in [-0.05, 0) is 79.4 Å². The Kier molecular flexibility index (Phi) is 32.4. The maximum atomic E-state index is 14.4. The van der Waals surface area contributed by atoms with E-state index in [1.807, 2.05) is 48.5 Å². The molecule has 6 rings (SSSR count). The van der Waals surface area contributed by atoms with Gasteiger partial charge in [-0.2, -0.15) is 0 Å². The molecule has 0 spiro atoms. The van der Waals surface area contributed by atoms with Gasteiger partial charge in [-0.1, -0.05) is 221 Å². The number of nitro benzene ring substituents is 1. The van der Waals surface area contributed by atoms with Crippen LogP contribution in [0.3, 0.4) is 0 Å². The van der Waals surface area contributed by atoms with E-state index < -0.39 is 43.5 Å². The number of rotatable bonds is 47. The number of anilines is 2. The second-order valence-corrected chi connectivity index (χ2v) is 24.8. The van der Waals surface area contributed by atoms with Crippen molar-refractivity contribution in [3.63, 3.8) is 0 Å². The van der Waals surface area contributed by atoms with Crippen LogP contribution in [-0.4, -0.2) is 83.2 Å². The molecule has 484 valence electrons. The first-order chi connectivity index (χ1) is 42.9. The van der Waals surface area contributed by atoms with Gasteiger partial charge in [0.25, 0.3) is 0 Å². The van der Waals surface area contributed by atoms with Crippen molar-refractivity contribution >= 4 is 53.8 Å². The molecule has 0 saturated carbocycles. The molecule has 0 aliphatic carbocycles. The molecule has 0 bridgehead atoms. The molecule has 0 radical (unpaired) electrons. The smallest absolute Gasteiger partial charge is 0.456 e. The standard InChI is InChI=1S/C67H99N8O12P/c1-3-5-7-9-11-13-15-17-19-21-23-25-27-29-33-45-62(77)85-59(60(52-84-88(81,82)83)86-63(78)46-34-30-28-26-24-22-20-18-16-14-12-10-8-6-4-2)51-74-67-54-41-36-35-40-53(54)50-73(57-43-38-37-42-55(57)64(67)69-72-74)61(76)44-32-31-39-49-68-56-47-48-58(75(79)80)66-65(56)70-87-71-66/h18,20,35-38,40-43,47-48,59-60,68H,3-17,19,21-34,39,44-46,49-52H2,1-2H3,(H2,81,82,83)/b20-18-/t59-,60-/m0/s1. The number of nitrogens with one attached hydrogen (secondary N) is 1. The summed E-state index contributed by atoms with van der Waals surface area (Å²) in [6.45, 7) is 4.22. The molecule has 1 aliphatic rings. The molecule has 0 unspecified atom stereocenters. The van der Waals surface area contributed by atoms with Crippen LogP contribution in [0.25, 0.3) is 33.5 Å². The molecule has 3 N–H and O–H groups in total. The van der Waals surface area contributed by atoms with Crippen molar-refractivity contribution < 1.29 is 52.3 Å². The van der Waals surface area contributed by atoms with E-state index in [0.29, 0.717) is 72.5 Å². The zero-order chi connectivity index (χ0) is 62.6. The van der Waals surface area contributed by atoms with Crippen molar-refractivity contribution in [2.24, 2.45) is 0 Å². The number of allylic oxidation sites excluding steroid dienone is 2. The highest BCUT2D eigenvalue weighted by atomic mass is 31.2. The van der Waals surface area contributed by atoms with E-state index >= 15 is 0 Å². The fourth-order valence-corrected chi connectivity index (χ4v) is 11.8. The van der Waals surface area contributed by atoms with Crippen LogP contribution in [0.2, 0.25) is 0 Å². The van der Waals surface area contributed by atoms with Gasteiger partial charge in [0.1, 0.15) is 5.69 Å². The monoisotopic (exact) mass is 1240 g/mol. The van der Waals surface area contributed by atoms with Crippen LogP contribution < -0.4 is 10.2 Å². The third kappa shape index (κ3) is 24.9. The molecule has 0 fully saturated rings. The Morgan fingerprint density at radius 1 is 0.648 bits per heavy atom. The number of nitro groups is 1. The number of unbranched alkanes of at least 4 members (excludes halogenated alkanes) is 27. The first-order valence-electron chi connectivity index (χ1n) is 33.2. The molecule has 20 nitrogen and oxygen atoms in total. The van der Waals surface area contributed by atoms with Crippen LogP contribution in [0.1, 0.15) is 238 Å². The van der Waals surface area contributed by atoms with Crippen molar-refractivity contribution in [2.45, 2.75) is 257 Å². The fourth-order valence-electron chi connectivity index (χ4n) is 11.5. The van der Waals surface area contributed by atoms with Crippen LogP contribution >= 0.6 is 7.82 Å². The number of benzene rings is 3. The molecule has 88 heavy (non-hydrogen) atoms. The van der Waals surface area contributed by atoms with E-state index in [-0.39, 0.29) is 55.0 Å². The van der Waals surface area contributed by atoms with Gasteiger partial charge >= 0.3 is 25.4 Å². The number of fused-ring (bicyclic) bond motifs is 6. The summed E-state index contributed by atoms with van der Waals surface area (Å²) in [7, 11) is -5.10. The van der Waals surface area contributed by atoms with Gasteiger partial charge in [-0.3, -0.25) is 29.0 Å². The number of hydrogen-bond donors (Lipinski definition) is 3. The summed E-state index contributed by atoms with van der Waals surface area (Å²) in [5.41, 5.74) is 4.42. The lowest BCUT2D eigenvalue weighted by molar-refractivity contribution is -0.383. The van der Waals surface area contributed by atoms with Gasteiger partial charge in [0.05, 0.1) is 41.7 Å². The number of aromatic nitrogens is 5. The normalized spacial score (nSPS) is 13.0. The second kappa shape index (κ2) is 40.3. The summed E-state index contributed by atoms with van der Waals surface area (Å²) in [6, 6.07) is 18.0. The Morgan fingerprint density at radius 3 is 1.75 bits per heavy atom. The number of para-hydroxylation sites is 1. The van der Waals surface area contributed by atoms with E-state index in [2.05, 4.69) is 46.8 Å². The molecule has 2 atom stereocenters. The Labute approximate surface area is 521 Å². The zero-order valence-corrected chi connectivity index (χ0v) is 53.4. The van der Waals surface area contributed by atoms with Gasteiger partial charge in [-0.15, -0.1) is 5.10 Å². The predicted molar refractivity (Wildman–Crippen MR) is 344 cm³/mol. The lowest BCUT2D eigenvalue weighted by Gasteiger charge is -2.30. The maximum Gasteiger partial charge on any atom is 0.469 e. The minimum Gasteiger partial charge on any atom is -0.456 e. The van der Waals surface area contributed by atoms with Gasteiger partial charge in [0.15, 0.2) is 17.7 Å². The number of carbonyl (C=O) groups is 3. The van der Waals surface area contributed by atoms with Gasteiger partial charge in [-0.25, -0.2) is 13.9 Å². The quantitative estimate of drug-likeness (QED) is 0.00816. The number of non-ortho nitro benzene ring substituents is 1. The lowest BCUT2D eigenvalue weighted by Crippen LogP contribution is -2.41. The van der Waals surface area contributed by atoms with Crippen molar-refractivity contribution in [1.29, 1.82) is 0 Å². The SMILES string of the molecule is CCCCCCCC/C=C\CCCCCCCC(=O)O[C@@H](COP(=O)(O)O)[C@H](Cn1nnc2c1-c1ccccc1CN(C(=O)CCCCCNc1ccc([N+](=O)[O-])c3nonc13)c1ccccc1-2)OC(=O)CCCCCCCCCCCCCCCCC. The number of phosphoric acid groups is 1. The molecular formula is C67H99N8O12P. The Balaban J connectivity index is 1.11. The molecule has 5 aromatic rings. The second-order valence-electron chi connectivity index (χ2n) is 23.6. The number of esters is 2. The van der Waals surface area contributed by atoms with Crippen molar-refractivity contribution in [1.82, 2.24) is 25.3 Å². The van der Waals surface area contributed by atoms with Gasteiger partial charge in [0.2, 0.25) is 11.4 Å². The van der Waals surface area contributed by atoms with Crippen molar-refractivity contribution in [2.75, 3.05) is 23.4 Å². The van der Waals surface area contributed by atoms with Gasteiger partial charge < -0.3 is 29.5 Å². The number of amides is 1. The summed E-state index contributed by atoms with van der Waals surface area (Å²) < 4.78 is 36.0. The number of hydrogen-bond acceptors (Lipinski definition) is 15. The number of ether oxygens (including phenoxy) is 2. The van der Waals surface area contributed by atoms with Crippen LogP contribution in [0.5, 0.6) is 0 Å². The molecule has 1 aliphatic heterocycles. The molecular weight excluding hydrogens is 1140 g/mol. The van der Waals surface area contributed by atoms with E-state index in [0.717, 1.165) is 69.8 Å². The summed E-state index contributed by atoms with van der Waals surface area (Å²) in [5.74, 6) is -1.26. The van der Waals surface area contributed by atoms with Crippen LogP contribution in [-0.2, 0) is 46.0 Å². The Bertz CT molecular complexity index is 2940. The van der Waals surface area contributed by atoms with Crippen molar-refractivity contribution in [3.8, 4) is 22.5 Å². The highest BCUT2D eigenvalue weighted by Gasteiger charge is 2.36. The minimum atomic E-state index is -5.10. The molecule has 2 aromatic heterocycles. The topological polar surface area (TPSA) is 264 Å². The average Bonchev–Trinajstić information content (AvgIpc) is 1.84. The number of nitrogens with zero attached hydrogens (tertiary/aromatic N) is 7. The maximum absolute atomic E-state index is 14.4. The van der Waals surface area contributed by atoms with E-state index in [9.17, 15) is 38.8 Å². The zero-order valence-electron chi connectivity index (χ0n) is 52.5. The van der Waals surface area contributed by atoms with Crippen LogP contribution in [0.4, 0.5) is 17.1 Å². The molecule has 3 heterocycles. The minimum absolute atomic E-state index is 0.0512. The first kappa shape index (κ1) is 70.7. The lowest BCUT2D eigenvalue weighted by atomic mass is 9.95. The largest absolute Gasteiger partial charge is 0.469 e. The molecule has 3 aromatic carbocycles. The summed E-state index contributed by atoms with van der Waals surface area (Å²) in [4.78, 5) is 74.7. The predicted octanol–water partition coefficient (Wildman–Crippen LogP) is 16.8. The van der Waals surface area contributed by atoms with Crippen LogP contribution in [0.15, 0.2) is 77.4 Å². The first-order valence-corrected chi connectivity index (χ1v) is 34.7. The van der Waals surface area contributed by atoms with E-state index in [4.69, 9.17) is 23.7 Å². The third-order valence-corrected chi connectivity index (χ3v) is 16.9. The van der Waals surface area contributed by atoms with E-state index in [1.54, 1.807) is 15.6 Å². The third-order valence-electron chi connectivity index (χ3n) is 16.4. The highest BCUT2D eigenvalue weighted by molar-refractivity contribution is 7.46. The fraction of sp³-hybridized carbons (Fsp3) is 0.627. The van der Waals surface area contributed by atoms with Gasteiger partial charge in [0, 0.05) is 43.0 Å². The number of carbonyl (C=O) groups excluding carboxylic acids is 3. The van der Waals surface area contributed by atoms with Crippen molar-refractivity contribution in [3.05, 3.63) is 88.5 Å².